The summed E-state index contributed by atoms with van der Waals surface area (Å²) in [6.07, 6.45) is 2.31. The quantitative estimate of drug-likeness (QED) is 0.196. The number of rotatable bonds is 6. The van der Waals surface area contributed by atoms with E-state index in [0.717, 1.165) is 18.7 Å². The normalized spacial score (nSPS) is 22.7. The van der Waals surface area contributed by atoms with E-state index in [1.54, 1.807) is 0 Å². The number of fused-ring (bicyclic) bond motifs is 3. The van der Waals surface area contributed by atoms with E-state index in [2.05, 4.69) is 26.2 Å². The molecule has 2 aliphatic heterocycles. The summed E-state index contributed by atoms with van der Waals surface area (Å²) in [5, 5.41) is 13.1. The van der Waals surface area contributed by atoms with Gasteiger partial charge in [0.25, 0.3) is 0 Å². The lowest BCUT2D eigenvalue weighted by molar-refractivity contribution is -0.151. The van der Waals surface area contributed by atoms with Gasteiger partial charge in [-0.1, -0.05) is 12.0 Å². The van der Waals surface area contributed by atoms with Crippen molar-refractivity contribution in [2.45, 2.75) is 55.5 Å². The van der Waals surface area contributed by atoms with Crippen LogP contribution in [0.2, 0.25) is 0 Å². The van der Waals surface area contributed by atoms with Crippen molar-refractivity contribution in [2.24, 2.45) is 0 Å². The fourth-order valence-electron chi connectivity index (χ4n) is 6.62. The van der Waals surface area contributed by atoms with Crippen LogP contribution in [0.15, 0.2) is 30.5 Å². The molecular weight excluding hydrogens is 588 g/mol. The lowest BCUT2D eigenvalue weighted by Crippen LogP contribution is -2.43. The number of benzene rings is 2. The highest BCUT2D eigenvalue weighted by Crippen LogP contribution is 2.52. The number of hydrogen-bond donors (Lipinski definition) is 2. The molecule has 1 saturated carbocycles. The molecule has 228 valence electrons. The molecule has 1 aliphatic carbocycles. The molecule has 0 unspecified atom stereocenters. The van der Waals surface area contributed by atoms with Crippen LogP contribution in [-0.2, 0) is 0 Å². The molecule has 2 N–H and O–H groups in total. The number of nitrogens with zero attached hydrogens (tertiary/aromatic N) is 4. The van der Waals surface area contributed by atoms with Gasteiger partial charge in [-0.15, -0.1) is 6.42 Å². The van der Waals surface area contributed by atoms with E-state index in [0.29, 0.717) is 18.4 Å². The van der Waals surface area contributed by atoms with E-state index in [4.69, 9.17) is 11.2 Å². The minimum atomic E-state index is -4.61. The molecule has 44 heavy (non-hydrogen) atoms. The second-order valence-corrected chi connectivity index (χ2v) is 11.8. The summed E-state index contributed by atoms with van der Waals surface area (Å²) in [6.45, 7) is 0.903. The van der Waals surface area contributed by atoms with E-state index in [1.165, 1.54) is 18.2 Å². The van der Waals surface area contributed by atoms with Crippen LogP contribution in [-0.4, -0.2) is 68.1 Å². The van der Waals surface area contributed by atoms with E-state index in [1.807, 2.05) is 4.90 Å². The fraction of sp³-hybridized carbons (Fsp3) is 0.387. The maximum Gasteiger partial charge on any atom is 0.411 e. The van der Waals surface area contributed by atoms with Crippen molar-refractivity contribution in [1.82, 2.24) is 19.9 Å². The molecule has 2 aromatic heterocycles. The number of ether oxygens (including phenoxy) is 1. The standard InChI is InChI=1S/C31H25F6N5O2/c1-2-19-22(33)5-4-16-10-18(43)11-20(23(16)19)25-24(34)26-21(13-38-25)27(41-30(7-8-30)31(35,36)37)40-28(39-26)44-15-29-6-3-9-42(29)14-17(32)12-29/h1,4-5,10-11,13,17,43H,3,6-9,12,14-15H2,(H,39,40,41)/t17-,29+/m1/s1. The fourth-order valence-corrected chi connectivity index (χ4v) is 6.62. The molecule has 13 heteroatoms. The van der Waals surface area contributed by atoms with E-state index < -0.39 is 46.6 Å². The molecule has 2 atom stereocenters. The van der Waals surface area contributed by atoms with Gasteiger partial charge in [0.05, 0.1) is 16.5 Å². The first kappa shape index (κ1) is 28.5. The zero-order valence-corrected chi connectivity index (χ0v) is 23.1. The number of aromatic hydroxyl groups is 1. The molecule has 0 bridgehead atoms. The Labute approximate surface area is 247 Å². The van der Waals surface area contributed by atoms with Crippen LogP contribution in [0.3, 0.4) is 0 Å². The van der Waals surface area contributed by atoms with Crippen molar-refractivity contribution in [3.63, 3.8) is 0 Å². The summed E-state index contributed by atoms with van der Waals surface area (Å²) in [5.74, 6) is -0.170. The summed E-state index contributed by atoms with van der Waals surface area (Å²) in [7, 11) is 0. The molecule has 0 spiro atoms. The zero-order chi connectivity index (χ0) is 31.0. The lowest BCUT2D eigenvalue weighted by Gasteiger charge is -2.31. The monoisotopic (exact) mass is 613 g/mol. The summed E-state index contributed by atoms with van der Waals surface area (Å²) in [4.78, 5) is 14.6. The maximum absolute atomic E-state index is 16.5. The Bertz CT molecular complexity index is 1870. The summed E-state index contributed by atoms with van der Waals surface area (Å²) in [5.41, 5.74) is -3.88. The Balaban J connectivity index is 1.38. The van der Waals surface area contributed by atoms with Gasteiger partial charge in [-0.2, -0.15) is 23.1 Å². The van der Waals surface area contributed by atoms with Crippen molar-refractivity contribution < 1.29 is 36.2 Å². The number of alkyl halides is 4. The summed E-state index contributed by atoms with van der Waals surface area (Å²) < 4.78 is 93.2. The molecule has 7 rings (SSSR count). The van der Waals surface area contributed by atoms with Gasteiger partial charge in [0, 0.05) is 30.1 Å². The van der Waals surface area contributed by atoms with Gasteiger partial charge < -0.3 is 15.2 Å². The molecule has 0 radical (unpaired) electrons. The minimum Gasteiger partial charge on any atom is -0.508 e. The van der Waals surface area contributed by atoms with Crippen molar-refractivity contribution in [1.29, 1.82) is 0 Å². The lowest BCUT2D eigenvalue weighted by atomic mass is 9.95. The highest BCUT2D eigenvalue weighted by atomic mass is 19.4. The highest BCUT2D eigenvalue weighted by molar-refractivity contribution is 6.03. The highest BCUT2D eigenvalue weighted by Gasteiger charge is 2.64. The molecule has 3 aliphatic rings. The van der Waals surface area contributed by atoms with E-state index in [-0.39, 0.29) is 71.6 Å². The van der Waals surface area contributed by atoms with Crippen LogP contribution >= 0.6 is 0 Å². The van der Waals surface area contributed by atoms with Gasteiger partial charge >= 0.3 is 12.2 Å². The SMILES string of the molecule is C#Cc1c(F)ccc2cc(O)cc(-c3ncc4c(NC5(C(F)(F)F)CC5)nc(OC[C@@]56CCCN5C[C@H](F)C6)nc4c3F)c12. The molecule has 2 aromatic carbocycles. The first-order valence-corrected chi connectivity index (χ1v) is 14.1. The van der Waals surface area contributed by atoms with Gasteiger partial charge in [-0.25, -0.2) is 13.2 Å². The molecule has 4 aromatic rings. The third kappa shape index (κ3) is 4.46. The van der Waals surface area contributed by atoms with Gasteiger partial charge in [0.1, 0.15) is 46.9 Å². The molecule has 0 amide bonds. The van der Waals surface area contributed by atoms with Gasteiger partial charge in [-0.3, -0.25) is 9.88 Å². The number of anilines is 1. The molecule has 2 saturated heterocycles. The Kier molecular flexibility index (Phi) is 6.37. The predicted molar refractivity (Wildman–Crippen MR) is 150 cm³/mol. The van der Waals surface area contributed by atoms with Crippen molar-refractivity contribution >= 4 is 27.5 Å². The first-order valence-electron chi connectivity index (χ1n) is 14.1. The van der Waals surface area contributed by atoms with Crippen molar-refractivity contribution in [3.05, 3.63) is 47.7 Å². The van der Waals surface area contributed by atoms with Gasteiger partial charge in [-0.05, 0) is 55.8 Å². The number of hydrogen-bond acceptors (Lipinski definition) is 7. The Morgan fingerprint density at radius 1 is 1.16 bits per heavy atom. The van der Waals surface area contributed by atoms with Crippen LogP contribution in [0.25, 0.3) is 32.9 Å². The van der Waals surface area contributed by atoms with E-state index in [9.17, 15) is 27.1 Å². The zero-order valence-electron chi connectivity index (χ0n) is 23.1. The second kappa shape index (κ2) is 9.85. The third-order valence-corrected chi connectivity index (χ3v) is 9.00. The number of phenolic OH excluding ortho intramolecular Hbond substituents is 1. The number of phenols is 1. The number of pyridine rings is 1. The summed E-state index contributed by atoms with van der Waals surface area (Å²) in [6, 6.07) is 4.59. The van der Waals surface area contributed by atoms with Crippen LogP contribution < -0.4 is 10.1 Å². The first-order chi connectivity index (χ1) is 20.9. The minimum absolute atomic E-state index is 0.0374. The smallest absolute Gasteiger partial charge is 0.411 e. The topological polar surface area (TPSA) is 83.4 Å². The molecular formula is C31H25F6N5O2. The number of aromatic nitrogens is 3. The van der Waals surface area contributed by atoms with Crippen LogP contribution in [0, 0.1) is 24.0 Å². The average Bonchev–Trinajstić information content (AvgIpc) is 3.57. The van der Waals surface area contributed by atoms with Crippen LogP contribution in [0.1, 0.15) is 37.7 Å². The Morgan fingerprint density at radius 3 is 2.68 bits per heavy atom. The third-order valence-electron chi connectivity index (χ3n) is 9.00. The predicted octanol–water partition coefficient (Wildman–Crippen LogP) is 6.27. The Hall–Kier alpha value is -4.31. The van der Waals surface area contributed by atoms with Crippen LogP contribution in [0.5, 0.6) is 11.8 Å². The average molecular weight is 614 g/mol. The summed E-state index contributed by atoms with van der Waals surface area (Å²) >= 11 is 0. The number of halogens is 6. The van der Waals surface area contributed by atoms with Crippen LogP contribution in [0.4, 0.5) is 32.2 Å². The number of terminal acetylenes is 1. The van der Waals surface area contributed by atoms with Crippen molar-refractivity contribution in [3.8, 4) is 35.4 Å². The Morgan fingerprint density at radius 2 is 1.95 bits per heavy atom. The maximum atomic E-state index is 16.5. The molecule has 4 heterocycles. The molecule has 3 fully saturated rings. The number of nitrogens with one attached hydrogen (secondary N) is 1. The second-order valence-electron chi connectivity index (χ2n) is 11.8. The van der Waals surface area contributed by atoms with Crippen molar-refractivity contribution in [2.75, 3.05) is 25.0 Å². The van der Waals surface area contributed by atoms with Gasteiger partial charge in [0.2, 0.25) is 0 Å². The van der Waals surface area contributed by atoms with E-state index >= 15 is 4.39 Å². The van der Waals surface area contributed by atoms with Gasteiger partial charge in [0.15, 0.2) is 5.82 Å². The largest absolute Gasteiger partial charge is 0.508 e. The molecule has 7 nitrogen and oxygen atoms in total.